The lowest BCUT2D eigenvalue weighted by molar-refractivity contribution is 0.00578. The standard InChI is InChI=1S/C15H21BN2O2/c1-11(10-17)9-12-7-6-8-13(18-12)16-19-14(2,3)15(4,5)20-16/h6-8,11H,9H2,1-5H3. The van der Waals surface area contributed by atoms with Crippen LogP contribution < -0.4 is 5.59 Å². The molecule has 1 aromatic rings. The van der Waals surface area contributed by atoms with Crippen LogP contribution in [0.5, 0.6) is 0 Å². The molecule has 0 aromatic carbocycles. The summed E-state index contributed by atoms with van der Waals surface area (Å²) in [6.45, 7) is 9.98. The maximum Gasteiger partial charge on any atom is 0.514 e. The number of nitriles is 1. The number of nitrogens with zero attached hydrogens (tertiary/aromatic N) is 2. The number of hydrogen-bond acceptors (Lipinski definition) is 4. The van der Waals surface area contributed by atoms with Crippen molar-refractivity contribution in [3.8, 4) is 6.07 Å². The second-order valence-electron chi connectivity index (χ2n) is 6.38. The van der Waals surface area contributed by atoms with Gasteiger partial charge in [-0.15, -0.1) is 0 Å². The van der Waals surface area contributed by atoms with Crippen molar-refractivity contribution >= 4 is 12.7 Å². The lowest BCUT2D eigenvalue weighted by Gasteiger charge is -2.32. The smallest absolute Gasteiger partial charge is 0.398 e. The molecule has 2 rings (SSSR count). The van der Waals surface area contributed by atoms with E-state index in [-0.39, 0.29) is 17.1 Å². The molecule has 0 radical (unpaired) electrons. The summed E-state index contributed by atoms with van der Waals surface area (Å²) < 4.78 is 12.0. The fourth-order valence-corrected chi connectivity index (χ4v) is 2.07. The summed E-state index contributed by atoms with van der Waals surface area (Å²) in [6, 6.07) is 8.00. The minimum absolute atomic E-state index is 0.0453. The molecule has 2 heterocycles. The van der Waals surface area contributed by atoms with Gasteiger partial charge in [-0.1, -0.05) is 6.07 Å². The van der Waals surface area contributed by atoms with Crippen molar-refractivity contribution in [2.24, 2.45) is 5.92 Å². The normalized spacial score (nSPS) is 21.5. The fourth-order valence-electron chi connectivity index (χ4n) is 2.07. The Morgan fingerprint density at radius 1 is 1.25 bits per heavy atom. The van der Waals surface area contributed by atoms with Crippen LogP contribution in [-0.4, -0.2) is 23.3 Å². The van der Waals surface area contributed by atoms with Crippen LogP contribution in [0.15, 0.2) is 18.2 Å². The molecular weight excluding hydrogens is 251 g/mol. The predicted molar refractivity (Wildman–Crippen MR) is 78.4 cm³/mol. The van der Waals surface area contributed by atoms with Crippen LogP contribution in [0.2, 0.25) is 0 Å². The van der Waals surface area contributed by atoms with E-state index in [4.69, 9.17) is 14.6 Å². The molecule has 5 heteroatoms. The highest BCUT2D eigenvalue weighted by Crippen LogP contribution is 2.36. The van der Waals surface area contributed by atoms with E-state index in [2.05, 4.69) is 11.1 Å². The molecule has 1 unspecified atom stereocenters. The highest BCUT2D eigenvalue weighted by molar-refractivity contribution is 6.61. The third-order valence-electron chi connectivity index (χ3n) is 4.06. The Balaban J connectivity index is 2.19. The van der Waals surface area contributed by atoms with Crippen LogP contribution in [-0.2, 0) is 15.7 Å². The average molecular weight is 272 g/mol. The van der Waals surface area contributed by atoms with E-state index in [0.717, 1.165) is 11.3 Å². The molecule has 1 aromatic heterocycles. The molecule has 20 heavy (non-hydrogen) atoms. The van der Waals surface area contributed by atoms with Gasteiger partial charge in [-0.2, -0.15) is 5.26 Å². The van der Waals surface area contributed by atoms with Gasteiger partial charge in [0.25, 0.3) is 0 Å². The van der Waals surface area contributed by atoms with Crippen molar-refractivity contribution in [2.75, 3.05) is 0 Å². The maximum atomic E-state index is 8.89. The summed E-state index contributed by atoms with van der Waals surface area (Å²) in [4.78, 5) is 4.57. The van der Waals surface area contributed by atoms with Crippen LogP contribution in [0.3, 0.4) is 0 Å². The SMILES string of the molecule is CC(C#N)Cc1cccc(B2OC(C)(C)C(C)(C)O2)n1. The van der Waals surface area contributed by atoms with Crippen molar-refractivity contribution in [2.45, 2.75) is 52.2 Å². The molecule has 1 fully saturated rings. The van der Waals surface area contributed by atoms with Crippen LogP contribution in [0.25, 0.3) is 0 Å². The van der Waals surface area contributed by atoms with Gasteiger partial charge in [0.15, 0.2) is 0 Å². The van der Waals surface area contributed by atoms with Crippen molar-refractivity contribution in [1.82, 2.24) is 4.98 Å². The van der Waals surface area contributed by atoms with Gasteiger partial charge in [-0.25, -0.2) is 0 Å². The van der Waals surface area contributed by atoms with Crippen molar-refractivity contribution in [3.05, 3.63) is 23.9 Å². The number of pyridine rings is 1. The number of hydrogen-bond donors (Lipinski definition) is 0. The van der Waals surface area contributed by atoms with Gasteiger partial charge in [0.1, 0.15) is 0 Å². The lowest BCUT2D eigenvalue weighted by atomic mass is 9.84. The molecule has 0 amide bonds. The average Bonchev–Trinajstić information content (AvgIpc) is 2.59. The molecule has 4 nitrogen and oxygen atoms in total. The van der Waals surface area contributed by atoms with E-state index in [1.807, 2.05) is 52.8 Å². The summed E-state index contributed by atoms with van der Waals surface area (Å²) in [7, 11) is -0.447. The molecule has 0 N–H and O–H groups in total. The van der Waals surface area contributed by atoms with Gasteiger partial charge in [0.2, 0.25) is 0 Å². The van der Waals surface area contributed by atoms with Gasteiger partial charge >= 0.3 is 7.12 Å². The predicted octanol–water partition coefficient (Wildman–Crippen LogP) is 2.08. The summed E-state index contributed by atoms with van der Waals surface area (Å²) in [5.41, 5.74) is 0.933. The Hall–Kier alpha value is -1.38. The van der Waals surface area contributed by atoms with E-state index < -0.39 is 7.12 Å². The first-order valence-corrected chi connectivity index (χ1v) is 6.96. The molecular formula is C15H21BN2O2. The third kappa shape index (κ3) is 2.87. The Morgan fingerprint density at radius 3 is 2.40 bits per heavy atom. The van der Waals surface area contributed by atoms with Crippen molar-refractivity contribution in [3.63, 3.8) is 0 Å². The van der Waals surface area contributed by atoms with E-state index in [1.165, 1.54) is 0 Å². The minimum Gasteiger partial charge on any atom is -0.398 e. The van der Waals surface area contributed by atoms with E-state index >= 15 is 0 Å². The Labute approximate surface area is 121 Å². The third-order valence-corrected chi connectivity index (χ3v) is 4.06. The summed E-state index contributed by atoms with van der Waals surface area (Å²) in [5.74, 6) is -0.0453. The van der Waals surface area contributed by atoms with Gasteiger partial charge in [0.05, 0.1) is 22.9 Å². The van der Waals surface area contributed by atoms with Crippen molar-refractivity contribution < 1.29 is 9.31 Å². The van der Waals surface area contributed by atoms with Gasteiger partial charge in [-0.3, -0.25) is 4.98 Å². The Bertz CT molecular complexity index is 521. The van der Waals surface area contributed by atoms with E-state index in [9.17, 15) is 0 Å². The molecule has 1 saturated heterocycles. The quantitative estimate of drug-likeness (QED) is 0.790. The molecule has 1 aliphatic rings. The van der Waals surface area contributed by atoms with E-state index in [0.29, 0.717) is 6.42 Å². The zero-order valence-electron chi connectivity index (χ0n) is 12.8. The van der Waals surface area contributed by atoms with Crippen LogP contribution >= 0.6 is 0 Å². The van der Waals surface area contributed by atoms with Crippen molar-refractivity contribution in [1.29, 1.82) is 5.26 Å². The summed E-state index contributed by atoms with van der Waals surface area (Å²) >= 11 is 0. The van der Waals surface area contributed by atoms with Gasteiger partial charge < -0.3 is 9.31 Å². The van der Waals surface area contributed by atoms with E-state index in [1.54, 1.807) is 0 Å². The molecule has 1 atom stereocenters. The Morgan fingerprint density at radius 2 is 1.85 bits per heavy atom. The van der Waals surface area contributed by atoms with Crippen LogP contribution in [0, 0.1) is 17.2 Å². The zero-order chi connectivity index (χ0) is 15.0. The monoisotopic (exact) mass is 272 g/mol. The summed E-state index contributed by atoms with van der Waals surface area (Å²) in [5, 5.41) is 8.89. The molecule has 106 valence electrons. The first kappa shape index (κ1) is 15.0. The molecule has 0 saturated carbocycles. The second-order valence-corrected chi connectivity index (χ2v) is 6.38. The number of aromatic nitrogens is 1. The van der Waals surface area contributed by atoms with Gasteiger partial charge in [0, 0.05) is 18.0 Å². The second kappa shape index (κ2) is 5.19. The van der Waals surface area contributed by atoms with Crippen LogP contribution in [0.1, 0.15) is 40.3 Å². The molecule has 0 spiro atoms. The lowest BCUT2D eigenvalue weighted by Crippen LogP contribution is -2.41. The van der Waals surface area contributed by atoms with Crippen LogP contribution in [0.4, 0.5) is 0 Å². The highest BCUT2D eigenvalue weighted by Gasteiger charge is 2.52. The molecule has 0 bridgehead atoms. The Kier molecular flexibility index (Phi) is 3.90. The minimum atomic E-state index is -0.447. The molecule has 0 aliphatic carbocycles. The first-order valence-electron chi connectivity index (χ1n) is 6.96. The fraction of sp³-hybridized carbons (Fsp3) is 0.600. The maximum absolute atomic E-state index is 8.89. The summed E-state index contributed by atoms with van der Waals surface area (Å²) in [6.07, 6.45) is 0.643. The zero-order valence-corrected chi connectivity index (χ0v) is 12.8. The highest BCUT2D eigenvalue weighted by atomic mass is 16.7. The largest absolute Gasteiger partial charge is 0.514 e. The number of rotatable bonds is 3. The molecule has 1 aliphatic heterocycles. The first-order chi connectivity index (χ1) is 9.25. The topological polar surface area (TPSA) is 55.1 Å². The van der Waals surface area contributed by atoms with Gasteiger partial charge in [-0.05, 0) is 46.8 Å².